The molecule has 2 aromatic carbocycles. The zero-order valence-electron chi connectivity index (χ0n) is 16.1. The topological polar surface area (TPSA) is 119 Å². The first-order valence-corrected chi connectivity index (χ1v) is 11.0. The minimum absolute atomic E-state index is 0.0738. The van der Waals surface area contributed by atoms with E-state index >= 15 is 0 Å². The van der Waals surface area contributed by atoms with Crippen LogP contribution in [0.2, 0.25) is 5.02 Å². The van der Waals surface area contributed by atoms with Gasteiger partial charge < -0.3 is 10.1 Å². The van der Waals surface area contributed by atoms with Gasteiger partial charge >= 0.3 is 0 Å². The van der Waals surface area contributed by atoms with Crippen molar-refractivity contribution in [1.29, 1.82) is 0 Å². The van der Waals surface area contributed by atoms with Crippen molar-refractivity contribution >= 4 is 38.9 Å². The van der Waals surface area contributed by atoms with Crippen molar-refractivity contribution in [1.82, 2.24) is 4.31 Å². The van der Waals surface area contributed by atoms with Crippen LogP contribution < -0.4 is 10.1 Å². The number of piperidine rings is 1. The molecule has 0 bridgehead atoms. The number of nitro groups is 1. The lowest BCUT2D eigenvalue weighted by molar-refractivity contribution is -0.385. The molecule has 0 unspecified atom stereocenters. The van der Waals surface area contributed by atoms with Crippen LogP contribution in [0.1, 0.15) is 29.6 Å². The van der Waals surface area contributed by atoms with Crippen LogP contribution in [0.4, 0.5) is 11.4 Å². The first kappa shape index (κ1) is 22.0. The van der Waals surface area contributed by atoms with Crippen LogP contribution in [0, 0.1) is 10.1 Å². The Hall–Kier alpha value is -2.69. The predicted molar refractivity (Wildman–Crippen MR) is 112 cm³/mol. The highest BCUT2D eigenvalue weighted by molar-refractivity contribution is 7.89. The van der Waals surface area contributed by atoms with Crippen molar-refractivity contribution in [3.63, 3.8) is 0 Å². The van der Waals surface area contributed by atoms with E-state index in [1.165, 1.54) is 41.7 Å². The van der Waals surface area contributed by atoms with Crippen molar-refractivity contribution < 1.29 is 22.9 Å². The van der Waals surface area contributed by atoms with Gasteiger partial charge in [-0.1, -0.05) is 18.0 Å². The number of carbonyl (C=O) groups is 1. The summed E-state index contributed by atoms with van der Waals surface area (Å²) in [5.74, 6) is -0.610. The van der Waals surface area contributed by atoms with Gasteiger partial charge in [-0.3, -0.25) is 14.9 Å². The molecule has 1 aliphatic heterocycles. The Morgan fingerprint density at radius 3 is 2.50 bits per heavy atom. The average Bonchev–Trinajstić information content (AvgIpc) is 2.74. The number of benzene rings is 2. The van der Waals surface area contributed by atoms with Gasteiger partial charge in [0.15, 0.2) is 0 Å². The summed E-state index contributed by atoms with van der Waals surface area (Å²) in [5.41, 5.74) is -0.476. The van der Waals surface area contributed by atoms with Crippen LogP contribution in [0.3, 0.4) is 0 Å². The summed E-state index contributed by atoms with van der Waals surface area (Å²) in [6.45, 7) is 0.831. The quantitative estimate of drug-likeness (QED) is 0.526. The number of hydrogen-bond acceptors (Lipinski definition) is 6. The fourth-order valence-electron chi connectivity index (χ4n) is 3.25. The molecule has 1 saturated heterocycles. The van der Waals surface area contributed by atoms with E-state index in [0.717, 1.165) is 25.3 Å². The summed E-state index contributed by atoms with van der Waals surface area (Å²) in [6.07, 6.45) is 2.52. The molecule has 0 spiro atoms. The fourth-order valence-corrected chi connectivity index (χ4v) is 5.11. The Morgan fingerprint density at radius 1 is 1.17 bits per heavy atom. The van der Waals surface area contributed by atoms with E-state index < -0.39 is 26.5 Å². The van der Waals surface area contributed by atoms with E-state index in [4.69, 9.17) is 16.3 Å². The molecule has 0 aromatic heterocycles. The van der Waals surface area contributed by atoms with Gasteiger partial charge in [0.05, 0.1) is 12.0 Å². The lowest BCUT2D eigenvalue weighted by Gasteiger charge is -2.26. The first-order chi connectivity index (χ1) is 14.2. The third kappa shape index (κ3) is 4.55. The monoisotopic (exact) mass is 453 g/mol. The van der Waals surface area contributed by atoms with Crippen molar-refractivity contribution in [2.75, 3.05) is 25.5 Å². The standard InChI is InChI=1S/C19H20ClN3O6S/c1-29-17-8-6-14(12-18(17)30(27,28)22-9-3-2-4-10-22)21-19(24)15-7-5-13(20)11-16(15)23(25)26/h5-8,11-12H,2-4,9-10H2,1H3,(H,21,24). The van der Waals surface area contributed by atoms with E-state index in [1.54, 1.807) is 0 Å². The minimum Gasteiger partial charge on any atom is -0.495 e. The maximum absolute atomic E-state index is 13.1. The van der Waals surface area contributed by atoms with E-state index in [1.807, 2.05) is 0 Å². The second-order valence-electron chi connectivity index (χ2n) is 6.70. The van der Waals surface area contributed by atoms with Crippen LogP contribution in [0.5, 0.6) is 5.75 Å². The van der Waals surface area contributed by atoms with Gasteiger partial charge in [-0.05, 0) is 43.2 Å². The molecule has 1 aliphatic rings. The Kier molecular flexibility index (Phi) is 6.59. The summed E-state index contributed by atoms with van der Waals surface area (Å²) in [6, 6.07) is 7.88. The average molecular weight is 454 g/mol. The maximum Gasteiger partial charge on any atom is 0.283 e. The lowest BCUT2D eigenvalue weighted by atomic mass is 10.1. The van der Waals surface area contributed by atoms with Gasteiger partial charge in [-0.15, -0.1) is 0 Å². The van der Waals surface area contributed by atoms with Crippen molar-refractivity contribution in [2.24, 2.45) is 0 Å². The number of nitro benzene ring substituents is 1. The van der Waals surface area contributed by atoms with Crippen LogP contribution in [0.15, 0.2) is 41.3 Å². The summed E-state index contributed by atoms with van der Waals surface area (Å²) in [7, 11) is -2.46. The zero-order chi connectivity index (χ0) is 21.9. The van der Waals surface area contributed by atoms with Gasteiger partial charge in [0.2, 0.25) is 10.0 Å². The SMILES string of the molecule is COc1ccc(NC(=O)c2ccc(Cl)cc2[N+](=O)[O-])cc1S(=O)(=O)N1CCCCC1. The number of nitrogens with zero attached hydrogens (tertiary/aromatic N) is 2. The molecule has 11 heteroatoms. The summed E-state index contributed by atoms with van der Waals surface area (Å²) in [5, 5.41) is 13.9. The molecule has 0 radical (unpaired) electrons. The fraction of sp³-hybridized carbons (Fsp3) is 0.316. The Balaban J connectivity index is 1.94. The van der Waals surface area contributed by atoms with E-state index in [0.29, 0.717) is 13.1 Å². The number of ether oxygens (including phenoxy) is 1. The van der Waals surface area contributed by atoms with Crippen LogP contribution in [-0.2, 0) is 10.0 Å². The highest BCUT2D eigenvalue weighted by atomic mass is 35.5. The molecule has 1 amide bonds. The normalized spacial score (nSPS) is 14.9. The second-order valence-corrected chi connectivity index (χ2v) is 9.05. The number of rotatable bonds is 6. The number of halogens is 1. The van der Waals surface area contributed by atoms with E-state index in [9.17, 15) is 23.3 Å². The largest absolute Gasteiger partial charge is 0.495 e. The first-order valence-electron chi connectivity index (χ1n) is 9.17. The van der Waals surface area contributed by atoms with E-state index in [2.05, 4.69) is 5.32 Å². The number of nitrogens with one attached hydrogen (secondary N) is 1. The van der Waals surface area contributed by atoms with Gasteiger partial charge in [0.25, 0.3) is 11.6 Å². The van der Waals surface area contributed by atoms with Gasteiger partial charge in [0.1, 0.15) is 16.2 Å². The molecule has 1 heterocycles. The zero-order valence-corrected chi connectivity index (χ0v) is 17.7. The number of amides is 1. The third-order valence-corrected chi connectivity index (χ3v) is 6.91. The molecule has 0 aliphatic carbocycles. The molecule has 160 valence electrons. The molecule has 1 fully saturated rings. The number of sulfonamides is 1. The van der Waals surface area contributed by atoms with Crippen LogP contribution >= 0.6 is 11.6 Å². The molecule has 30 heavy (non-hydrogen) atoms. The predicted octanol–water partition coefficient (Wildman–Crippen LogP) is 3.68. The van der Waals surface area contributed by atoms with Crippen LogP contribution in [0.25, 0.3) is 0 Å². The van der Waals surface area contributed by atoms with Crippen molar-refractivity contribution in [3.8, 4) is 5.75 Å². The Morgan fingerprint density at radius 2 is 1.87 bits per heavy atom. The number of methoxy groups -OCH3 is 1. The third-order valence-electron chi connectivity index (χ3n) is 4.76. The number of anilines is 1. The van der Waals surface area contributed by atoms with Crippen molar-refractivity contribution in [2.45, 2.75) is 24.2 Å². The highest BCUT2D eigenvalue weighted by Crippen LogP contribution is 2.32. The molecule has 2 aromatic rings. The molecular formula is C19H20ClN3O6S. The smallest absolute Gasteiger partial charge is 0.283 e. The summed E-state index contributed by atoms with van der Waals surface area (Å²) in [4.78, 5) is 23.1. The molecule has 0 saturated carbocycles. The molecule has 1 N–H and O–H groups in total. The molecule has 0 atom stereocenters. The van der Waals surface area contributed by atoms with Crippen molar-refractivity contribution in [3.05, 3.63) is 57.1 Å². The second kappa shape index (κ2) is 8.99. The maximum atomic E-state index is 13.1. The summed E-state index contributed by atoms with van der Waals surface area (Å²) >= 11 is 5.78. The molecule has 3 rings (SSSR count). The number of carbonyl (C=O) groups excluding carboxylic acids is 1. The number of hydrogen-bond donors (Lipinski definition) is 1. The minimum atomic E-state index is -3.82. The van der Waals surface area contributed by atoms with Gasteiger partial charge in [-0.25, -0.2) is 8.42 Å². The van der Waals surface area contributed by atoms with Crippen LogP contribution in [-0.4, -0.2) is 43.8 Å². The van der Waals surface area contributed by atoms with E-state index in [-0.39, 0.29) is 26.9 Å². The Labute approximate surface area is 178 Å². The van der Waals surface area contributed by atoms with Gasteiger partial charge in [0, 0.05) is 29.9 Å². The summed E-state index contributed by atoms with van der Waals surface area (Å²) < 4.78 is 32.8. The molecular weight excluding hydrogens is 434 g/mol. The molecule has 9 nitrogen and oxygen atoms in total. The van der Waals surface area contributed by atoms with Gasteiger partial charge in [-0.2, -0.15) is 4.31 Å². The lowest BCUT2D eigenvalue weighted by Crippen LogP contribution is -2.35. The highest BCUT2D eigenvalue weighted by Gasteiger charge is 2.29. The Bertz CT molecular complexity index is 1080.